The number of nitrogens with one attached hydrogen (secondary N) is 1. The van der Waals surface area contributed by atoms with Gasteiger partial charge >= 0.3 is 0 Å². The van der Waals surface area contributed by atoms with Crippen LogP contribution in [0.25, 0.3) is 0 Å². The smallest absolute Gasteiger partial charge is 0.254 e. The van der Waals surface area contributed by atoms with Crippen LogP contribution in [0.1, 0.15) is 18.5 Å². The molecule has 4 rings (SSSR count). The Kier molecular flexibility index (Phi) is 3.87. The highest BCUT2D eigenvalue weighted by atomic mass is 19.1. The summed E-state index contributed by atoms with van der Waals surface area (Å²) in [6, 6.07) is 1.83. The molecule has 8 nitrogen and oxygen atoms in total. The normalized spacial score (nSPS) is 25.2. The molecule has 4 heterocycles. The third-order valence-corrected chi connectivity index (χ3v) is 4.69. The largest absolute Gasteiger partial charge is 0.363 e. The minimum Gasteiger partial charge on any atom is -0.363 e. The van der Waals surface area contributed by atoms with Crippen molar-refractivity contribution < 1.29 is 13.9 Å². The Morgan fingerprint density at radius 3 is 2.84 bits per heavy atom. The summed E-state index contributed by atoms with van der Waals surface area (Å²) < 4.78 is 20.6. The van der Waals surface area contributed by atoms with Crippen molar-refractivity contribution in [2.24, 2.45) is 7.05 Å². The van der Waals surface area contributed by atoms with Crippen molar-refractivity contribution in [2.75, 3.05) is 16.8 Å². The fraction of sp³-hybridized carbons (Fsp3) is 0.500. The molecule has 0 unspecified atom stereocenters. The van der Waals surface area contributed by atoms with Crippen molar-refractivity contribution in [3.05, 3.63) is 30.0 Å². The van der Waals surface area contributed by atoms with Gasteiger partial charge in [-0.3, -0.25) is 9.48 Å². The molecule has 0 aliphatic carbocycles. The quantitative estimate of drug-likeness (QED) is 0.894. The summed E-state index contributed by atoms with van der Waals surface area (Å²) in [4.78, 5) is 22.6. The minimum absolute atomic E-state index is 0.0227. The zero-order valence-corrected chi connectivity index (χ0v) is 14.0. The zero-order valence-electron chi connectivity index (χ0n) is 14.0. The van der Waals surface area contributed by atoms with E-state index in [1.165, 1.54) is 0 Å². The summed E-state index contributed by atoms with van der Waals surface area (Å²) in [5, 5.41) is 7.07. The van der Waals surface area contributed by atoms with E-state index in [2.05, 4.69) is 20.4 Å². The maximum absolute atomic E-state index is 13.0. The molecule has 3 atom stereocenters. The van der Waals surface area contributed by atoms with Gasteiger partial charge in [-0.15, -0.1) is 0 Å². The van der Waals surface area contributed by atoms with Gasteiger partial charge in [0.15, 0.2) is 5.82 Å². The van der Waals surface area contributed by atoms with Crippen LogP contribution in [0.2, 0.25) is 0 Å². The number of ether oxygens (including phenoxy) is 1. The average molecular weight is 346 g/mol. The molecule has 0 saturated carbocycles. The van der Waals surface area contributed by atoms with E-state index < -0.39 is 11.9 Å². The van der Waals surface area contributed by atoms with Crippen molar-refractivity contribution in [3.8, 4) is 0 Å². The van der Waals surface area contributed by atoms with Crippen molar-refractivity contribution in [2.45, 2.75) is 38.0 Å². The summed E-state index contributed by atoms with van der Waals surface area (Å²) >= 11 is 0. The second kappa shape index (κ2) is 6.07. The first-order valence-electron chi connectivity index (χ1n) is 8.22. The number of aryl methyl sites for hydroxylation is 2. The summed E-state index contributed by atoms with van der Waals surface area (Å²) in [5.41, 5.74) is 0.835. The van der Waals surface area contributed by atoms with Crippen LogP contribution in [0.15, 0.2) is 18.5 Å². The van der Waals surface area contributed by atoms with Crippen molar-refractivity contribution in [1.82, 2.24) is 19.7 Å². The Morgan fingerprint density at radius 1 is 1.40 bits per heavy atom. The van der Waals surface area contributed by atoms with Gasteiger partial charge in [0.2, 0.25) is 5.95 Å². The molecule has 0 bridgehead atoms. The van der Waals surface area contributed by atoms with Crippen LogP contribution in [0.5, 0.6) is 0 Å². The highest BCUT2D eigenvalue weighted by Gasteiger charge is 2.46. The lowest BCUT2D eigenvalue weighted by atomic mass is 10.1. The molecule has 132 valence electrons. The highest BCUT2D eigenvalue weighted by Crippen LogP contribution is 2.35. The minimum atomic E-state index is -0.534. The van der Waals surface area contributed by atoms with Gasteiger partial charge in [-0.2, -0.15) is 5.10 Å². The molecular weight excluding hydrogens is 327 g/mol. The van der Waals surface area contributed by atoms with Crippen LogP contribution in [0, 0.1) is 12.7 Å². The lowest BCUT2D eigenvalue weighted by Crippen LogP contribution is -2.34. The van der Waals surface area contributed by atoms with E-state index >= 15 is 0 Å². The molecule has 1 amide bonds. The van der Waals surface area contributed by atoms with Gasteiger partial charge in [-0.05, 0) is 13.3 Å². The van der Waals surface area contributed by atoms with Crippen LogP contribution in [0.3, 0.4) is 0 Å². The molecule has 2 aliphatic heterocycles. The van der Waals surface area contributed by atoms with Gasteiger partial charge in [0, 0.05) is 26.1 Å². The van der Waals surface area contributed by atoms with Gasteiger partial charge in [0.1, 0.15) is 11.9 Å². The molecule has 9 heteroatoms. The van der Waals surface area contributed by atoms with Crippen LogP contribution < -0.4 is 10.2 Å². The number of carbonyl (C=O) groups excluding carboxylic acids is 1. The van der Waals surface area contributed by atoms with E-state index in [0.29, 0.717) is 18.2 Å². The summed E-state index contributed by atoms with van der Waals surface area (Å²) in [5.74, 6) is 0.464. The second-order valence-corrected chi connectivity index (χ2v) is 6.43. The van der Waals surface area contributed by atoms with Crippen LogP contribution in [0.4, 0.5) is 16.2 Å². The second-order valence-electron chi connectivity index (χ2n) is 6.43. The molecule has 2 aromatic heterocycles. The van der Waals surface area contributed by atoms with Gasteiger partial charge in [0.25, 0.3) is 5.91 Å². The number of halogens is 1. The molecule has 2 fully saturated rings. The fourth-order valence-electron chi connectivity index (χ4n) is 3.55. The van der Waals surface area contributed by atoms with Crippen LogP contribution in [-0.2, 0) is 16.6 Å². The molecule has 0 spiro atoms. The van der Waals surface area contributed by atoms with Gasteiger partial charge in [-0.1, -0.05) is 0 Å². The van der Waals surface area contributed by atoms with E-state index in [1.54, 1.807) is 11.7 Å². The third kappa shape index (κ3) is 2.95. The molecule has 2 saturated heterocycles. The van der Waals surface area contributed by atoms with E-state index in [4.69, 9.17) is 4.74 Å². The molecule has 1 N–H and O–H groups in total. The molecule has 2 aromatic rings. The maximum Gasteiger partial charge on any atom is 0.254 e. The van der Waals surface area contributed by atoms with Gasteiger partial charge in [-0.25, -0.2) is 14.4 Å². The number of rotatable bonds is 3. The van der Waals surface area contributed by atoms with Crippen LogP contribution >= 0.6 is 0 Å². The Hall–Kier alpha value is -2.55. The number of hydrogen-bond donors (Lipinski definition) is 1. The SMILES string of the molecule is Cc1cc(NC(=O)[C@@H]2C[C@H]3[C@H](CCN3c3ncc(F)cn3)O2)n(C)n1. The lowest BCUT2D eigenvalue weighted by molar-refractivity contribution is -0.126. The fourth-order valence-corrected chi connectivity index (χ4v) is 3.55. The molecule has 0 aromatic carbocycles. The Bertz CT molecular complexity index is 792. The van der Waals surface area contributed by atoms with E-state index in [9.17, 15) is 9.18 Å². The van der Waals surface area contributed by atoms with Crippen molar-refractivity contribution >= 4 is 17.7 Å². The first kappa shape index (κ1) is 15.9. The molecular formula is C16H19FN6O2. The summed E-state index contributed by atoms with van der Waals surface area (Å²) in [7, 11) is 1.78. The molecule has 25 heavy (non-hydrogen) atoms. The van der Waals surface area contributed by atoms with Gasteiger partial charge in [0.05, 0.1) is 30.2 Å². The predicted octanol–water partition coefficient (Wildman–Crippen LogP) is 1.03. The number of fused-ring (bicyclic) bond motifs is 1. The van der Waals surface area contributed by atoms with E-state index in [0.717, 1.165) is 31.1 Å². The monoisotopic (exact) mass is 346 g/mol. The highest BCUT2D eigenvalue weighted by molar-refractivity contribution is 5.93. The summed E-state index contributed by atoms with van der Waals surface area (Å²) in [6.45, 7) is 2.60. The number of aromatic nitrogens is 4. The molecule has 2 aliphatic rings. The number of nitrogens with zero attached hydrogens (tertiary/aromatic N) is 5. The lowest BCUT2D eigenvalue weighted by Gasteiger charge is -2.22. The first-order chi connectivity index (χ1) is 12.0. The third-order valence-electron chi connectivity index (χ3n) is 4.69. The van der Waals surface area contributed by atoms with Crippen molar-refractivity contribution in [1.29, 1.82) is 0 Å². The average Bonchev–Trinajstić information content (AvgIpc) is 3.23. The van der Waals surface area contributed by atoms with E-state index in [-0.39, 0.29) is 18.1 Å². The van der Waals surface area contributed by atoms with E-state index in [1.807, 2.05) is 17.9 Å². The number of amides is 1. The summed E-state index contributed by atoms with van der Waals surface area (Å²) in [6.07, 6.45) is 3.07. The predicted molar refractivity (Wildman–Crippen MR) is 87.6 cm³/mol. The standard InChI is InChI=1S/C16H19FN6O2/c1-9-5-14(22(2)21-9)20-15(24)13-6-11-12(25-13)3-4-23(11)16-18-7-10(17)8-19-16/h5,7-8,11-13H,3-4,6H2,1-2H3,(H,20,24)/t11-,12-,13-/m0/s1. The Balaban J connectivity index is 1.44. The zero-order chi connectivity index (χ0) is 17.6. The topological polar surface area (TPSA) is 85.2 Å². The number of hydrogen-bond acceptors (Lipinski definition) is 6. The Labute approximate surface area is 144 Å². The number of carbonyl (C=O) groups is 1. The first-order valence-corrected chi connectivity index (χ1v) is 8.22. The Morgan fingerprint density at radius 2 is 2.16 bits per heavy atom. The maximum atomic E-state index is 13.0. The van der Waals surface area contributed by atoms with Crippen molar-refractivity contribution in [3.63, 3.8) is 0 Å². The molecule has 0 radical (unpaired) electrons. The van der Waals surface area contributed by atoms with Crippen LogP contribution in [-0.4, -0.2) is 50.5 Å². The van der Waals surface area contributed by atoms with Gasteiger partial charge < -0.3 is 15.0 Å². The number of anilines is 2.